The number of likely N-dealkylation sites (N-methyl/N-ethyl adjacent to an activating group) is 1. The van der Waals surface area contributed by atoms with Gasteiger partial charge in [0.2, 0.25) is 0 Å². The third-order valence-corrected chi connectivity index (χ3v) is 3.74. The number of nitrogens with two attached hydrogens (primary N) is 1. The minimum absolute atomic E-state index is 0.789. The Balaban J connectivity index is 1.95. The molecule has 0 radical (unpaired) electrons. The fourth-order valence-electron chi connectivity index (χ4n) is 2.22. The Kier molecular flexibility index (Phi) is 4.26. The zero-order valence-corrected chi connectivity index (χ0v) is 11.1. The Morgan fingerprint density at radius 3 is 2.47 bits per heavy atom. The highest BCUT2D eigenvalue weighted by atomic mass is 35.5. The summed E-state index contributed by atoms with van der Waals surface area (Å²) in [7, 11) is 0. The van der Waals surface area contributed by atoms with Crippen LogP contribution in [0.1, 0.15) is 12.5 Å². The van der Waals surface area contributed by atoms with E-state index >= 15 is 0 Å². The van der Waals surface area contributed by atoms with Crippen LogP contribution in [0.25, 0.3) is 0 Å². The van der Waals surface area contributed by atoms with Crippen molar-refractivity contribution in [2.45, 2.75) is 13.5 Å². The Morgan fingerprint density at radius 1 is 1.18 bits per heavy atom. The zero-order valence-electron chi connectivity index (χ0n) is 10.3. The van der Waals surface area contributed by atoms with Gasteiger partial charge in [-0.15, -0.1) is 0 Å². The minimum atomic E-state index is 0.789. The number of benzene rings is 1. The lowest BCUT2D eigenvalue weighted by Gasteiger charge is -2.34. The molecule has 2 N–H and O–H groups in total. The van der Waals surface area contributed by atoms with Gasteiger partial charge in [0, 0.05) is 43.4 Å². The predicted molar refractivity (Wildman–Crippen MR) is 73.3 cm³/mol. The molecule has 17 heavy (non-hydrogen) atoms. The SMILES string of the molecule is CCN1CCN(Cc2cc(N)ccc2Cl)CC1. The Labute approximate surface area is 108 Å². The van der Waals surface area contributed by atoms with Gasteiger partial charge in [-0.1, -0.05) is 18.5 Å². The molecular weight excluding hydrogens is 234 g/mol. The summed E-state index contributed by atoms with van der Waals surface area (Å²) < 4.78 is 0. The van der Waals surface area contributed by atoms with E-state index in [1.807, 2.05) is 18.2 Å². The maximum absolute atomic E-state index is 6.18. The van der Waals surface area contributed by atoms with E-state index in [0.717, 1.165) is 55.5 Å². The van der Waals surface area contributed by atoms with Crippen molar-refractivity contribution in [2.75, 3.05) is 38.5 Å². The first-order chi connectivity index (χ1) is 8.19. The van der Waals surface area contributed by atoms with E-state index in [0.29, 0.717) is 0 Å². The van der Waals surface area contributed by atoms with Crippen LogP contribution >= 0.6 is 11.6 Å². The van der Waals surface area contributed by atoms with E-state index < -0.39 is 0 Å². The van der Waals surface area contributed by atoms with Gasteiger partial charge in [0.05, 0.1) is 0 Å². The van der Waals surface area contributed by atoms with Gasteiger partial charge in [0.25, 0.3) is 0 Å². The van der Waals surface area contributed by atoms with E-state index in [-0.39, 0.29) is 0 Å². The van der Waals surface area contributed by atoms with E-state index in [1.54, 1.807) is 0 Å². The second-order valence-corrected chi connectivity index (χ2v) is 4.97. The second kappa shape index (κ2) is 5.71. The van der Waals surface area contributed by atoms with Crippen LogP contribution in [0.5, 0.6) is 0 Å². The number of halogens is 1. The average Bonchev–Trinajstić information content (AvgIpc) is 2.35. The molecule has 94 valence electrons. The van der Waals surface area contributed by atoms with Crippen LogP contribution in [-0.4, -0.2) is 42.5 Å². The summed E-state index contributed by atoms with van der Waals surface area (Å²) in [5.41, 5.74) is 7.72. The molecule has 1 aliphatic heterocycles. The van der Waals surface area contributed by atoms with Crippen molar-refractivity contribution in [3.05, 3.63) is 28.8 Å². The van der Waals surface area contributed by atoms with Crippen LogP contribution in [0.3, 0.4) is 0 Å². The molecule has 0 saturated carbocycles. The molecule has 1 aromatic rings. The van der Waals surface area contributed by atoms with Crippen molar-refractivity contribution < 1.29 is 0 Å². The zero-order chi connectivity index (χ0) is 12.3. The van der Waals surface area contributed by atoms with Crippen LogP contribution in [0, 0.1) is 0 Å². The maximum Gasteiger partial charge on any atom is 0.0452 e. The van der Waals surface area contributed by atoms with Crippen molar-refractivity contribution >= 4 is 17.3 Å². The van der Waals surface area contributed by atoms with Gasteiger partial charge >= 0.3 is 0 Å². The standard InChI is InChI=1S/C13H20ClN3/c1-2-16-5-7-17(8-6-16)10-11-9-12(15)3-4-13(11)14/h3-4,9H,2,5-8,10,15H2,1H3. The number of rotatable bonds is 3. The molecule has 1 heterocycles. The summed E-state index contributed by atoms with van der Waals surface area (Å²) in [5.74, 6) is 0. The number of nitrogens with zero attached hydrogens (tertiary/aromatic N) is 2. The van der Waals surface area contributed by atoms with Crippen molar-refractivity contribution in [1.29, 1.82) is 0 Å². The summed E-state index contributed by atoms with van der Waals surface area (Å²) in [6, 6.07) is 5.71. The van der Waals surface area contributed by atoms with Gasteiger partial charge in [-0.2, -0.15) is 0 Å². The molecule has 2 rings (SSSR count). The lowest BCUT2D eigenvalue weighted by atomic mass is 10.1. The van der Waals surface area contributed by atoms with Crippen molar-refractivity contribution in [3.8, 4) is 0 Å². The summed E-state index contributed by atoms with van der Waals surface area (Å²) in [4.78, 5) is 4.91. The number of hydrogen-bond acceptors (Lipinski definition) is 3. The lowest BCUT2D eigenvalue weighted by molar-refractivity contribution is 0.132. The summed E-state index contributed by atoms with van der Waals surface area (Å²) in [5, 5.41) is 0.817. The largest absolute Gasteiger partial charge is 0.399 e. The molecule has 1 saturated heterocycles. The van der Waals surface area contributed by atoms with Crippen LogP contribution in [0.4, 0.5) is 5.69 Å². The third kappa shape index (κ3) is 3.35. The number of piperazine rings is 1. The molecule has 0 unspecified atom stereocenters. The molecule has 0 aliphatic carbocycles. The third-order valence-electron chi connectivity index (χ3n) is 3.38. The van der Waals surface area contributed by atoms with E-state index in [4.69, 9.17) is 17.3 Å². The monoisotopic (exact) mass is 253 g/mol. The van der Waals surface area contributed by atoms with Gasteiger partial charge in [-0.25, -0.2) is 0 Å². The normalized spacial score (nSPS) is 18.5. The molecule has 4 heteroatoms. The van der Waals surface area contributed by atoms with Crippen LogP contribution in [0.15, 0.2) is 18.2 Å². The van der Waals surface area contributed by atoms with E-state index in [2.05, 4.69) is 16.7 Å². The first-order valence-corrected chi connectivity index (χ1v) is 6.55. The highest BCUT2D eigenvalue weighted by Crippen LogP contribution is 2.21. The fraction of sp³-hybridized carbons (Fsp3) is 0.538. The van der Waals surface area contributed by atoms with Crippen molar-refractivity contribution in [3.63, 3.8) is 0 Å². The van der Waals surface area contributed by atoms with Gasteiger partial charge < -0.3 is 10.6 Å². The van der Waals surface area contributed by atoms with E-state index in [9.17, 15) is 0 Å². The van der Waals surface area contributed by atoms with Gasteiger partial charge in [-0.3, -0.25) is 4.90 Å². The summed E-state index contributed by atoms with van der Waals surface area (Å²) >= 11 is 6.18. The van der Waals surface area contributed by atoms with Crippen LogP contribution in [-0.2, 0) is 6.54 Å². The van der Waals surface area contributed by atoms with Gasteiger partial charge in [0.1, 0.15) is 0 Å². The smallest absolute Gasteiger partial charge is 0.0452 e. The highest BCUT2D eigenvalue weighted by Gasteiger charge is 2.16. The van der Waals surface area contributed by atoms with Crippen molar-refractivity contribution in [1.82, 2.24) is 9.80 Å². The highest BCUT2D eigenvalue weighted by molar-refractivity contribution is 6.31. The van der Waals surface area contributed by atoms with Gasteiger partial charge in [-0.05, 0) is 30.3 Å². The maximum atomic E-state index is 6.18. The first-order valence-electron chi connectivity index (χ1n) is 6.17. The number of anilines is 1. The van der Waals surface area contributed by atoms with Crippen LogP contribution in [0.2, 0.25) is 5.02 Å². The molecule has 0 bridgehead atoms. The molecule has 0 atom stereocenters. The number of nitrogen functional groups attached to an aromatic ring is 1. The topological polar surface area (TPSA) is 32.5 Å². The predicted octanol–water partition coefficient (Wildman–Crippen LogP) is 2.06. The average molecular weight is 254 g/mol. The molecule has 0 aromatic heterocycles. The Morgan fingerprint density at radius 2 is 1.82 bits per heavy atom. The quantitative estimate of drug-likeness (QED) is 0.837. The summed E-state index contributed by atoms with van der Waals surface area (Å²) in [6.07, 6.45) is 0. The molecule has 3 nitrogen and oxygen atoms in total. The number of hydrogen-bond donors (Lipinski definition) is 1. The molecular formula is C13H20ClN3. The lowest BCUT2D eigenvalue weighted by Crippen LogP contribution is -2.45. The van der Waals surface area contributed by atoms with Crippen molar-refractivity contribution in [2.24, 2.45) is 0 Å². The Hall–Kier alpha value is -0.770. The summed E-state index contributed by atoms with van der Waals surface area (Å²) in [6.45, 7) is 8.78. The fourth-order valence-corrected chi connectivity index (χ4v) is 2.40. The molecule has 1 aromatic carbocycles. The van der Waals surface area contributed by atoms with Gasteiger partial charge in [0.15, 0.2) is 0 Å². The molecule has 0 amide bonds. The second-order valence-electron chi connectivity index (χ2n) is 4.56. The van der Waals surface area contributed by atoms with Crippen LogP contribution < -0.4 is 5.73 Å². The molecule has 1 aliphatic rings. The Bertz CT molecular complexity index is 373. The first kappa shape index (κ1) is 12.7. The van der Waals surface area contributed by atoms with E-state index in [1.165, 1.54) is 0 Å². The molecule has 0 spiro atoms. The molecule has 1 fully saturated rings. The minimum Gasteiger partial charge on any atom is -0.399 e.